The SMILES string of the molecule is CCCC(C#N)NS(=O)(=O)c1ccccc1Cl. The van der Waals surface area contributed by atoms with E-state index in [1.807, 2.05) is 13.0 Å². The van der Waals surface area contributed by atoms with Crippen molar-refractivity contribution < 1.29 is 8.42 Å². The third-order valence-electron chi connectivity index (χ3n) is 2.16. The fraction of sp³-hybridized carbons (Fsp3) is 0.364. The minimum absolute atomic E-state index is 0.00183. The Hall–Kier alpha value is -1.09. The van der Waals surface area contributed by atoms with Gasteiger partial charge in [-0.15, -0.1) is 0 Å². The standard InChI is InChI=1S/C11H13ClN2O2S/c1-2-5-9(8-13)14-17(15,16)11-7-4-3-6-10(11)12/h3-4,6-7,9,14H,2,5H2,1H3. The maximum absolute atomic E-state index is 12.0. The minimum atomic E-state index is -3.73. The molecule has 1 atom stereocenters. The molecule has 0 radical (unpaired) electrons. The molecule has 92 valence electrons. The zero-order valence-electron chi connectivity index (χ0n) is 9.35. The van der Waals surface area contributed by atoms with E-state index in [9.17, 15) is 8.42 Å². The van der Waals surface area contributed by atoms with Gasteiger partial charge in [-0.1, -0.05) is 37.1 Å². The molecule has 0 saturated carbocycles. The van der Waals surface area contributed by atoms with E-state index >= 15 is 0 Å². The Bertz CT molecular complexity index is 523. The second kappa shape index (κ2) is 6.01. The van der Waals surface area contributed by atoms with Crippen molar-refractivity contribution >= 4 is 21.6 Å². The Kier molecular flexibility index (Phi) is 4.94. The van der Waals surface area contributed by atoms with Crippen LogP contribution >= 0.6 is 11.6 Å². The Morgan fingerprint density at radius 2 is 2.12 bits per heavy atom. The maximum atomic E-state index is 12.0. The lowest BCUT2D eigenvalue weighted by Crippen LogP contribution is -2.33. The maximum Gasteiger partial charge on any atom is 0.243 e. The van der Waals surface area contributed by atoms with Crippen LogP contribution in [0.3, 0.4) is 0 Å². The summed E-state index contributed by atoms with van der Waals surface area (Å²) in [5.41, 5.74) is 0. The van der Waals surface area contributed by atoms with Gasteiger partial charge in [-0.3, -0.25) is 0 Å². The molecule has 1 aromatic carbocycles. The summed E-state index contributed by atoms with van der Waals surface area (Å²) >= 11 is 5.81. The first-order valence-electron chi connectivity index (χ1n) is 5.17. The van der Waals surface area contributed by atoms with Crippen molar-refractivity contribution in [2.75, 3.05) is 0 Å². The summed E-state index contributed by atoms with van der Waals surface area (Å²) in [7, 11) is -3.73. The number of rotatable bonds is 5. The molecular formula is C11H13ClN2O2S. The van der Waals surface area contributed by atoms with Gasteiger partial charge in [-0.05, 0) is 18.6 Å². The van der Waals surface area contributed by atoms with E-state index in [1.165, 1.54) is 12.1 Å². The molecule has 1 rings (SSSR count). The first kappa shape index (κ1) is 14.0. The number of hydrogen-bond acceptors (Lipinski definition) is 3. The Labute approximate surface area is 106 Å². The largest absolute Gasteiger partial charge is 0.243 e. The highest BCUT2D eigenvalue weighted by Gasteiger charge is 2.21. The fourth-order valence-corrected chi connectivity index (χ4v) is 3.05. The number of benzene rings is 1. The van der Waals surface area contributed by atoms with Gasteiger partial charge in [0.1, 0.15) is 10.9 Å². The van der Waals surface area contributed by atoms with Crippen LogP contribution < -0.4 is 4.72 Å². The van der Waals surface area contributed by atoms with Crippen molar-refractivity contribution in [2.45, 2.75) is 30.7 Å². The molecule has 6 heteroatoms. The summed E-state index contributed by atoms with van der Waals surface area (Å²) in [6, 6.07) is 7.33. The fourth-order valence-electron chi connectivity index (χ4n) is 1.35. The minimum Gasteiger partial charge on any atom is -0.207 e. The van der Waals surface area contributed by atoms with Crippen molar-refractivity contribution in [3.8, 4) is 6.07 Å². The van der Waals surface area contributed by atoms with Gasteiger partial charge in [-0.25, -0.2) is 8.42 Å². The molecule has 1 aromatic rings. The molecule has 17 heavy (non-hydrogen) atoms. The van der Waals surface area contributed by atoms with Gasteiger partial charge in [0.05, 0.1) is 11.1 Å². The Morgan fingerprint density at radius 1 is 1.47 bits per heavy atom. The smallest absolute Gasteiger partial charge is 0.207 e. The van der Waals surface area contributed by atoms with Crippen LogP contribution in [0.15, 0.2) is 29.2 Å². The van der Waals surface area contributed by atoms with E-state index in [0.717, 1.165) is 6.42 Å². The lowest BCUT2D eigenvalue weighted by atomic mass is 10.2. The van der Waals surface area contributed by atoms with Gasteiger partial charge in [0.2, 0.25) is 10.0 Å². The van der Waals surface area contributed by atoms with Crippen molar-refractivity contribution in [2.24, 2.45) is 0 Å². The number of hydrogen-bond donors (Lipinski definition) is 1. The summed E-state index contributed by atoms with van der Waals surface area (Å²) in [6.07, 6.45) is 1.20. The Morgan fingerprint density at radius 3 is 2.65 bits per heavy atom. The highest BCUT2D eigenvalue weighted by molar-refractivity contribution is 7.89. The molecule has 1 N–H and O–H groups in total. The van der Waals surface area contributed by atoms with Gasteiger partial charge in [0.15, 0.2) is 0 Å². The zero-order valence-corrected chi connectivity index (χ0v) is 10.9. The number of nitrogens with one attached hydrogen (secondary N) is 1. The molecule has 1 unspecified atom stereocenters. The summed E-state index contributed by atoms with van der Waals surface area (Å²) in [4.78, 5) is -0.00183. The van der Waals surface area contributed by atoms with E-state index in [-0.39, 0.29) is 9.92 Å². The monoisotopic (exact) mass is 272 g/mol. The zero-order chi connectivity index (χ0) is 12.9. The predicted molar refractivity (Wildman–Crippen MR) is 66.1 cm³/mol. The van der Waals surface area contributed by atoms with Crippen LogP contribution in [0.5, 0.6) is 0 Å². The molecule has 0 bridgehead atoms. The normalized spacial score (nSPS) is 13.0. The lowest BCUT2D eigenvalue weighted by molar-refractivity contribution is 0.563. The summed E-state index contributed by atoms with van der Waals surface area (Å²) in [5, 5.41) is 8.97. The molecule has 0 heterocycles. The predicted octanol–water partition coefficient (Wildman–Crippen LogP) is 2.31. The van der Waals surface area contributed by atoms with E-state index < -0.39 is 16.1 Å². The molecule has 0 saturated heterocycles. The van der Waals surface area contributed by atoms with Gasteiger partial charge >= 0.3 is 0 Å². The van der Waals surface area contributed by atoms with Crippen LogP contribution in [0.1, 0.15) is 19.8 Å². The van der Waals surface area contributed by atoms with Gasteiger partial charge in [0, 0.05) is 0 Å². The first-order valence-corrected chi connectivity index (χ1v) is 7.04. The van der Waals surface area contributed by atoms with E-state index in [1.54, 1.807) is 12.1 Å². The third-order valence-corrected chi connectivity index (χ3v) is 4.13. The summed E-state index contributed by atoms with van der Waals surface area (Å²) < 4.78 is 26.2. The van der Waals surface area contributed by atoms with Crippen LogP contribution in [0.4, 0.5) is 0 Å². The van der Waals surface area contributed by atoms with Crippen LogP contribution in [-0.4, -0.2) is 14.5 Å². The van der Waals surface area contributed by atoms with E-state index in [4.69, 9.17) is 16.9 Å². The number of nitrogens with zero attached hydrogens (tertiary/aromatic N) is 1. The Balaban J connectivity index is 2.98. The van der Waals surface area contributed by atoms with Crippen LogP contribution in [0, 0.1) is 11.3 Å². The number of nitriles is 1. The van der Waals surface area contributed by atoms with Crippen molar-refractivity contribution in [3.63, 3.8) is 0 Å². The van der Waals surface area contributed by atoms with Gasteiger partial charge in [0.25, 0.3) is 0 Å². The second-order valence-corrected chi connectivity index (χ2v) is 5.61. The van der Waals surface area contributed by atoms with E-state index in [0.29, 0.717) is 6.42 Å². The van der Waals surface area contributed by atoms with Crippen LogP contribution in [-0.2, 0) is 10.0 Å². The van der Waals surface area contributed by atoms with Gasteiger partial charge < -0.3 is 0 Å². The molecule has 0 aliphatic heterocycles. The van der Waals surface area contributed by atoms with Crippen LogP contribution in [0.25, 0.3) is 0 Å². The van der Waals surface area contributed by atoms with Gasteiger partial charge in [-0.2, -0.15) is 9.98 Å². The second-order valence-electron chi connectivity index (χ2n) is 3.52. The molecule has 0 amide bonds. The van der Waals surface area contributed by atoms with E-state index in [2.05, 4.69) is 4.72 Å². The lowest BCUT2D eigenvalue weighted by Gasteiger charge is -2.11. The molecule has 0 aliphatic carbocycles. The first-order chi connectivity index (χ1) is 8.01. The number of sulfonamides is 1. The average Bonchev–Trinajstić information content (AvgIpc) is 2.28. The molecule has 0 fully saturated rings. The van der Waals surface area contributed by atoms with Crippen molar-refractivity contribution in [1.82, 2.24) is 4.72 Å². The molecule has 0 aliphatic rings. The van der Waals surface area contributed by atoms with Crippen molar-refractivity contribution in [1.29, 1.82) is 5.26 Å². The molecular weight excluding hydrogens is 260 g/mol. The third kappa shape index (κ3) is 3.70. The topological polar surface area (TPSA) is 70.0 Å². The average molecular weight is 273 g/mol. The number of halogens is 1. The summed E-state index contributed by atoms with van der Waals surface area (Å²) in [5.74, 6) is 0. The van der Waals surface area contributed by atoms with Crippen LogP contribution in [0.2, 0.25) is 5.02 Å². The van der Waals surface area contributed by atoms with Crippen molar-refractivity contribution in [3.05, 3.63) is 29.3 Å². The highest BCUT2D eigenvalue weighted by Crippen LogP contribution is 2.20. The molecule has 0 aromatic heterocycles. The highest BCUT2D eigenvalue weighted by atomic mass is 35.5. The quantitative estimate of drug-likeness (QED) is 0.894. The molecule has 4 nitrogen and oxygen atoms in total. The summed E-state index contributed by atoms with van der Waals surface area (Å²) in [6.45, 7) is 1.88. The molecule has 0 spiro atoms.